The lowest BCUT2D eigenvalue weighted by molar-refractivity contribution is -0.137. The van der Waals surface area contributed by atoms with Gasteiger partial charge in [0, 0.05) is 37.6 Å². The third-order valence-corrected chi connectivity index (χ3v) is 5.72. The van der Waals surface area contributed by atoms with Crippen molar-refractivity contribution >= 4 is 41.3 Å². The van der Waals surface area contributed by atoms with Gasteiger partial charge in [0.05, 0.1) is 23.3 Å². The minimum absolute atomic E-state index is 0. The first kappa shape index (κ1) is 23.9. The molecule has 1 aliphatic rings. The molecule has 0 bridgehead atoms. The molecule has 0 aliphatic carbocycles. The van der Waals surface area contributed by atoms with Crippen LogP contribution < -0.4 is 10.6 Å². The van der Waals surface area contributed by atoms with E-state index in [1.54, 1.807) is 30.5 Å². The van der Waals surface area contributed by atoms with Crippen molar-refractivity contribution in [2.45, 2.75) is 38.7 Å². The Labute approximate surface area is 189 Å². The number of nitrogens with zero attached hydrogens (tertiary/aromatic N) is 3. The minimum atomic E-state index is -4.29. The van der Waals surface area contributed by atoms with Crippen molar-refractivity contribution in [1.82, 2.24) is 20.5 Å². The molecule has 10 heteroatoms. The molecule has 0 amide bonds. The molecule has 1 aromatic heterocycles. The molecular formula is C19H25F3IN5S. The Hall–Kier alpha value is -1.40. The summed E-state index contributed by atoms with van der Waals surface area (Å²) in [5.74, 6) is 0.745. The molecule has 29 heavy (non-hydrogen) atoms. The Balaban J connectivity index is 0.00000300. The van der Waals surface area contributed by atoms with Crippen molar-refractivity contribution in [3.05, 3.63) is 51.5 Å². The molecule has 2 aromatic rings. The van der Waals surface area contributed by atoms with Crippen LogP contribution >= 0.6 is 35.3 Å². The lowest BCUT2D eigenvalue weighted by Gasteiger charge is -2.19. The second-order valence-electron chi connectivity index (χ2n) is 6.85. The molecular weight excluding hydrogens is 514 g/mol. The largest absolute Gasteiger partial charge is 0.416 e. The average Bonchev–Trinajstić information content (AvgIpc) is 3.27. The number of thiazole rings is 1. The Morgan fingerprint density at radius 3 is 2.62 bits per heavy atom. The van der Waals surface area contributed by atoms with E-state index in [0.717, 1.165) is 48.9 Å². The maximum Gasteiger partial charge on any atom is 0.416 e. The van der Waals surface area contributed by atoms with Crippen molar-refractivity contribution in [2.75, 3.05) is 20.1 Å². The molecule has 1 fully saturated rings. The van der Waals surface area contributed by atoms with Gasteiger partial charge in [0.1, 0.15) is 0 Å². The van der Waals surface area contributed by atoms with Gasteiger partial charge in [0.15, 0.2) is 5.96 Å². The molecule has 0 saturated carbocycles. The summed E-state index contributed by atoms with van der Waals surface area (Å²) in [4.78, 5) is 11.9. The molecule has 1 aromatic carbocycles. The smallest absolute Gasteiger partial charge is 0.352 e. The zero-order valence-corrected chi connectivity index (χ0v) is 19.4. The Morgan fingerprint density at radius 1 is 1.31 bits per heavy atom. The van der Waals surface area contributed by atoms with E-state index in [2.05, 4.69) is 25.5 Å². The van der Waals surface area contributed by atoms with Crippen LogP contribution in [0.2, 0.25) is 0 Å². The van der Waals surface area contributed by atoms with Crippen LogP contribution in [0, 0.1) is 6.92 Å². The van der Waals surface area contributed by atoms with Gasteiger partial charge in [-0.2, -0.15) is 13.2 Å². The van der Waals surface area contributed by atoms with Gasteiger partial charge in [-0.25, -0.2) is 4.98 Å². The van der Waals surface area contributed by atoms with Gasteiger partial charge in [-0.3, -0.25) is 9.89 Å². The van der Waals surface area contributed by atoms with Crippen LogP contribution in [0.25, 0.3) is 0 Å². The molecule has 1 saturated heterocycles. The third-order valence-electron chi connectivity index (χ3n) is 4.79. The Bertz CT molecular complexity index is 807. The van der Waals surface area contributed by atoms with Gasteiger partial charge in [-0.05, 0) is 31.0 Å². The van der Waals surface area contributed by atoms with Crippen molar-refractivity contribution in [3.63, 3.8) is 0 Å². The maximum absolute atomic E-state index is 12.7. The summed E-state index contributed by atoms with van der Waals surface area (Å²) >= 11 is 1.61. The van der Waals surface area contributed by atoms with Crippen molar-refractivity contribution in [3.8, 4) is 0 Å². The average molecular weight is 539 g/mol. The zero-order valence-electron chi connectivity index (χ0n) is 16.3. The second-order valence-corrected chi connectivity index (χ2v) is 7.79. The second kappa shape index (κ2) is 10.6. The first-order chi connectivity index (χ1) is 13.3. The molecule has 2 heterocycles. The predicted molar refractivity (Wildman–Crippen MR) is 121 cm³/mol. The van der Waals surface area contributed by atoms with Gasteiger partial charge in [0.25, 0.3) is 0 Å². The number of aromatic nitrogens is 1. The first-order valence-corrected chi connectivity index (χ1v) is 9.97. The van der Waals surface area contributed by atoms with Crippen LogP contribution in [-0.2, 0) is 19.3 Å². The molecule has 0 radical (unpaired) electrons. The summed E-state index contributed by atoms with van der Waals surface area (Å²) in [5, 5.41) is 6.73. The van der Waals surface area contributed by atoms with Gasteiger partial charge in [0.2, 0.25) is 0 Å². The molecule has 160 valence electrons. The van der Waals surface area contributed by atoms with E-state index in [-0.39, 0.29) is 30.0 Å². The normalized spacial score (nSPS) is 17.8. The molecule has 1 aliphatic heterocycles. The Kier molecular flexibility index (Phi) is 8.71. The highest BCUT2D eigenvalue weighted by molar-refractivity contribution is 14.0. The molecule has 2 N–H and O–H groups in total. The summed E-state index contributed by atoms with van der Waals surface area (Å²) in [7, 11) is 1.74. The molecule has 0 spiro atoms. The molecule has 1 unspecified atom stereocenters. The number of halogens is 4. The summed E-state index contributed by atoms with van der Waals surface area (Å²) < 4.78 is 38.0. The molecule has 3 rings (SSSR count). The van der Waals surface area contributed by atoms with E-state index in [1.807, 2.05) is 12.4 Å². The van der Waals surface area contributed by atoms with Crippen LogP contribution in [0.3, 0.4) is 0 Å². The number of aryl methyl sites for hydroxylation is 1. The third kappa shape index (κ3) is 6.82. The fourth-order valence-electron chi connectivity index (χ4n) is 3.20. The minimum Gasteiger partial charge on any atom is -0.352 e. The standard InChI is InChI=1S/C19H24F3N5S.HI/c1-13-17(28-12-25-13)9-24-18(23-2)26-16-7-8-27(11-16)10-14-3-5-15(6-4-14)19(20,21)22;/h3-6,12,16H,7-11H2,1-2H3,(H2,23,24,26);1H. The van der Waals surface area contributed by atoms with E-state index >= 15 is 0 Å². The lowest BCUT2D eigenvalue weighted by atomic mass is 10.1. The van der Waals surface area contributed by atoms with Crippen LogP contribution in [0.1, 0.15) is 28.1 Å². The predicted octanol–water partition coefficient (Wildman–Crippen LogP) is 4.03. The Morgan fingerprint density at radius 2 is 2.03 bits per heavy atom. The van der Waals surface area contributed by atoms with Gasteiger partial charge in [-0.15, -0.1) is 35.3 Å². The van der Waals surface area contributed by atoms with Crippen LogP contribution in [-0.4, -0.2) is 42.0 Å². The monoisotopic (exact) mass is 539 g/mol. The van der Waals surface area contributed by atoms with E-state index < -0.39 is 11.7 Å². The molecule has 5 nitrogen and oxygen atoms in total. The highest BCUT2D eigenvalue weighted by Gasteiger charge is 2.30. The number of rotatable bonds is 5. The van der Waals surface area contributed by atoms with Gasteiger partial charge < -0.3 is 10.6 Å². The first-order valence-electron chi connectivity index (χ1n) is 9.10. The number of hydrogen-bond acceptors (Lipinski definition) is 4. The fraction of sp³-hybridized carbons (Fsp3) is 0.474. The van der Waals surface area contributed by atoms with E-state index in [4.69, 9.17) is 0 Å². The quantitative estimate of drug-likeness (QED) is 0.343. The van der Waals surface area contributed by atoms with E-state index in [1.165, 1.54) is 4.88 Å². The topological polar surface area (TPSA) is 52.6 Å². The maximum atomic E-state index is 12.7. The number of alkyl halides is 3. The van der Waals surface area contributed by atoms with Crippen LogP contribution in [0.4, 0.5) is 13.2 Å². The summed E-state index contributed by atoms with van der Waals surface area (Å²) in [5.41, 5.74) is 3.13. The number of benzene rings is 1. The highest BCUT2D eigenvalue weighted by Crippen LogP contribution is 2.29. The number of guanidine groups is 1. The van der Waals surface area contributed by atoms with Gasteiger partial charge >= 0.3 is 6.18 Å². The van der Waals surface area contributed by atoms with Crippen LogP contribution in [0.5, 0.6) is 0 Å². The SMILES string of the molecule is CN=C(NCc1scnc1C)NC1CCN(Cc2ccc(C(F)(F)F)cc2)C1.I. The summed E-state index contributed by atoms with van der Waals surface area (Å²) in [6.45, 7) is 5.02. The summed E-state index contributed by atoms with van der Waals surface area (Å²) in [6, 6.07) is 5.66. The number of likely N-dealkylation sites (tertiary alicyclic amines) is 1. The highest BCUT2D eigenvalue weighted by atomic mass is 127. The van der Waals surface area contributed by atoms with E-state index in [0.29, 0.717) is 13.1 Å². The zero-order chi connectivity index (χ0) is 20.1. The summed E-state index contributed by atoms with van der Waals surface area (Å²) in [6.07, 6.45) is -3.33. The van der Waals surface area contributed by atoms with Crippen molar-refractivity contribution < 1.29 is 13.2 Å². The lowest BCUT2D eigenvalue weighted by Crippen LogP contribution is -2.44. The van der Waals surface area contributed by atoms with Crippen molar-refractivity contribution in [2.24, 2.45) is 4.99 Å². The number of aliphatic imine (C=N–C) groups is 1. The number of hydrogen-bond donors (Lipinski definition) is 2. The van der Waals surface area contributed by atoms with Gasteiger partial charge in [-0.1, -0.05) is 12.1 Å². The number of nitrogens with one attached hydrogen (secondary N) is 2. The fourth-order valence-corrected chi connectivity index (χ4v) is 3.92. The van der Waals surface area contributed by atoms with Crippen molar-refractivity contribution in [1.29, 1.82) is 0 Å². The van der Waals surface area contributed by atoms with E-state index in [9.17, 15) is 13.2 Å². The molecule has 1 atom stereocenters. The van der Waals surface area contributed by atoms with Crippen LogP contribution in [0.15, 0.2) is 34.8 Å².